The van der Waals surface area contributed by atoms with Crippen LogP contribution in [-0.4, -0.2) is 29.3 Å². The molecule has 0 fully saturated rings. The van der Waals surface area contributed by atoms with E-state index in [1.54, 1.807) is 35.5 Å². The van der Waals surface area contributed by atoms with E-state index < -0.39 is 0 Å². The van der Waals surface area contributed by atoms with Crippen molar-refractivity contribution in [1.29, 1.82) is 0 Å². The van der Waals surface area contributed by atoms with Crippen LogP contribution in [0.5, 0.6) is 0 Å². The van der Waals surface area contributed by atoms with Crippen LogP contribution in [0.3, 0.4) is 0 Å². The summed E-state index contributed by atoms with van der Waals surface area (Å²) in [7, 11) is 1.65. The van der Waals surface area contributed by atoms with Crippen LogP contribution >= 0.6 is 22.9 Å². The Kier molecular flexibility index (Phi) is 4.52. The van der Waals surface area contributed by atoms with Gasteiger partial charge in [0.25, 0.3) is 0 Å². The van der Waals surface area contributed by atoms with E-state index in [1.807, 2.05) is 0 Å². The number of ketones is 1. The van der Waals surface area contributed by atoms with E-state index in [2.05, 4.69) is 5.10 Å². The highest BCUT2D eigenvalue weighted by Gasteiger charge is 2.18. The van der Waals surface area contributed by atoms with Gasteiger partial charge in [0.2, 0.25) is 5.78 Å². The Bertz CT molecular complexity index is 536. The minimum atomic E-state index is -0.0788. The summed E-state index contributed by atoms with van der Waals surface area (Å²) in [6, 6.07) is 3.44. The number of hydrogen-bond acceptors (Lipinski definition) is 4. The third-order valence-electron chi connectivity index (χ3n) is 2.49. The van der Waals surface area contributed by atoms with Crippen molar-refractivity contribution in [2.75, 3.05) is 13.7 Å². The molecular formula is C12H13ClN2O2S. The standard InChI is InChI=1S/C12H13ClN2O2S/c1-17-7-2-6-15-10(3-5-14-15)11(16)12-9(13)4-8-18-12/h3-5,8H,2,6-7H2,1H3. The van der Waals surface area contributed by atoms with E-state index >= 15 is 0 Å². The molecule has 0 aliphatic heterocycles. The van der Waals surface area contributed by atoms with Gasteiger partial charge in [0, 0.05) is 26.5 Å². The highest BCUT2D eigenvalue weighted by atomic mass is 35.5. The molecule has 0 N–H and O–H groups in total. The summed E-state index contributed by atoms with van der Waals surface area (Å²) < 4.78 is 6.68. The largest absolute Gasteiger partial charge is 0.385 e. The van der Waals surface area contributed by atoms with Gasteiger partial charge in [0.05, 0.1) is 9.90 Å². The van der Waals surface area contributed by atoms with E-state index in [0.717, 1.165) is 6.42 Å². The zero-order valence-corrected chi connectivity index (χ0v) is 11.5. The van der Waals surface area contributed by atoms with Gasteiger partial charge >= 0.3 is 0 Å². The zero-order chi connectivity index (χ0) is 13.0. The summed E-state index contributed by atoms with van der Waals surface area (Å²) in [5.41, 5.74) is 0.565. The van der Waals surface area contributed by atoms with Gasteiger partial charge in [-0.25, -0.2) is 0 Å². The zero-order valence-electron chi connectivity index (χ0n) is 9.93. The molecule has 4 nitrogen and oxygen atoms in total. The molecule has 0 aromatic carbocycles. The monoisotopic (exact) mass is 284 g/mol. The average molecular weight is 285 g/mol. The molecule has 18 heavy (non-hydrogen) atoms. The van der Waals surface area contributed by atoms with Gasteiger partial charge in [-0.2, -0.15) is 5.10 Å². The highest BCUT2D eigenvalue weighted by molar-refractivity contribution is 7.13. The summed E-state index contributed by atoms with van der Waals surface area (Å²) in [6.07, 6.45) is 2.44. The quantitative estimate of drug-likeness (QED) is 0.605. The first-order valence-corrected chi connectivity index (χ1v) is 6.78. The third kappa shape index (κ3) is 2.80. The molecule has 2 aromatic heterocycles. The maximum atomic E-state index is 12.3. The predicted octanol–water partition coefficient (Wildman–Crippen LogP) is 2.87. The Morgan fingerprint density at radius 1 is 1.56 bits per heavy atom. The first-order chi connectivity index (χ1) is 8.74. The first-order valence-electron chi connectivity index (χ1n) is 5.52. The van der Waals surface area contributed by atoms with E-state index in [1.165, 1.54) is 11.3 Å². The summed E-state index contributed by atoms with van der Waals surface area (Å²) in [5, 5.41) is 6.45. The van der Waals surface area contributed by atoms with Crippen molar-refractivity contribution in [2.45, 2.75) is 13.0 Å². The Balaban J connectivity index is 2.16. The average Bonchev–Trinajstić information content (AvgIpc) is 2.97. The fourth-order valence-electron chi connectivity index (χ4n) is 1.63. The maximum Gasteiger partial charge on any atom is 0.222 e. The molecule has 0 bridgehead atoms. The number of thiophene rings is 1. The first kappa shape index (κ1) is 13.3. The number of hydrogen-bond donors (Lipinski definition) is 0. The van der Waals surface area contributed by atoms with E-state index in [-0.39, 0.29) is 5.78 Å². The fourth-order valence-corrected chi connectivity index (χ4v) is 2.72. The highest BCUT2D eigenvalue weighted by Crippen LogP contribution is 2.24. The molecule has 0 unspecified atom stereocenters. The van der Waals surface area contributed by atoms with Gasteiger partial charge < -0.3 is 4.74 Å². The Morgan fingerprint density at radius 2 is 2.39 bits per heavy atom. The lowest BCUT2D eigenvalue weighted by molar-refractivity contribution is 0.103. The van der Waals surface area contributed by atoms with Gasteiger partial charge in [-0.3, -0.25) is 9.48 Å². The molecule has 96 valence electrons. The number of nitrogens with zero attached hydrogens (tertiary/aromatic N) is 2. The van der Waals surface area contributed by atoms with Crippen molar-refractivity contribution in [1.82, 2.24) is 9.78 Å². The minimum absolute atomic E-state index is 0.0788. The molecule has 0 aliphatic carbocycles. The van der Waals surface area contributed by atoms with Crippen LogP contribution in [0.4, 0.5) is 0 Å². The topological polar surface area (TPSA) is 44.1 Å². The van der Waals surface area contributed by atoms with Crippen LogP contribution in [0.25, 0.3) is 0 Å². The minimum Gasteiger partial charge on any atom is -0.385 e. The van der Waals surface area contributed by atoms with Crippen LogP contribution in [0, 0.1) is 0 Å². The van der Waals surface area contributed by atoms with E-state index in [0.29, 0.717) is 28.7 Å². The molecule has 0 saturated carbocycles. The second kappa shape index (κ2) is 6.13. The van der Waals surface area contributed by atoms with Crippen LogP contribution in [0.2, 0.25) is 5.02 Å². The second-order valence-electron chi connectivity index (χ2n) is 3.71. The van der Waals surface area contributed by atoms with Crippen molar-refractivity contribution in [3.05, 3.63) is 39.3 Å². The van der Waals surface area contributed by atoms with E-state index in [4.69, 9.17) is 16.3 Å². The number of aryl methyl sites for hydroxylation is 1. The summed E-state index contributed by atoms with van der Waals surface area (Å²) in [6.45, 7) is 1.30. The lowest BCUT2D eigenvalue weighted by atomic mass is 10.2. The number of carbonyl (C=O) groups excluding carboxylic acids is 1. The molecular weight excluding hydrogens is 272 g/mol. The smallest absolute Gasteiger partial charge is 0.222 e. The van der Waals surface area contributed by atoms with Crippen LogP contribution < -0.4 is 0 Å². The van der Waals surface area contributed by atoms with Crippen LogP contribution in [0.1, 0.15) is 21.8 Å². The van der Waals surface area contributed by atoms with Crippen molar-refractivity contribution in [2.24, 2.45) is 0 Å². The van der Waals surface area contributed by atoms with Gasteiger partial charge in [0.1, 0.15) is 5.69 Å². The Hall–Kier alpha value is -1.17. The van der Waals surface area contributed by atoms with Gasteiger partial charge in [-0.1, -0.05) is 11.6 Å². The normalized spacial score (nSPS) is 10.8. The van der Waals surface area contributed by atoms with E-state index in [9.17, 15) is 4.79 Å². The van der Waals surface area contributed by atoms with Crippen molar-refractivity contribution < 1.29 is 9.53 Å². The van der Waals surface area contributed by atoms with Crippen LogP contribution in [0.15, 0.2) is 23.7 Å². The molecule has 0 saturated heterocycles. The fraction of sp³-hybridized carbons (Fsp3) is 0.333. The molecule has 0 amide bonds. The lowest BCUT2D eigenvalue weighted by Gasteiger charge is -2.05. The molecule has 0 aliphatic rings. The summed E-state index contributed by atoms with van der Waals surface area (Å²) in [5.74, 6) is -0.0788. The Morgan fingerprint density at radius 3 is 3.06 bits per heavy atom. The van der Waals surface area contributed by atoms with Gasteiger partial charge in [0.15, 0.2) is 0 Å². The van der Waals surface area contributed by atoms with Crippen molar-refractivity contribution in [3.63, 3.8) is 0 Å². The van der Waals surface area contributed by atoms with Crippen molar-refractivity contribution in [3.8, 4) is 0 Å². The summed E-state index contributed by atoms with van der Waals surface area (Å²) in [4.78, 5) is 12.8. The number of methoxy groups -OCH3 is 1. The lowest BCUT2D eigenvalue weighted by Crippen LogP contribution is -2.12. The predicted molar refractivity (Wildman–Crippen MR) is 71.5 cm³/mol. The van der Waals surface area contributed by atoms with Crippen LogP contribution in [-0.2, 0) is 11.3 Å². The summed E-state index contributed by atoms with van der Waals surface area (Å²) >= 11 is 7.32. The number of ether oxygens (including phenoxy) is 1. The molecule has 2 rings (SSSR count). The molecule has 0 spiro atoms. The molecule has 6 heteroatoms. The number of rotatable bonds is 6. The molecule has 2 aromatic rings. The molecule has 2 heterocycles. The van der Waals surface area contributed by atoms with Gasteiger partial charge in [-0.15, -0.1) is 11.3 Å². The third-order valence-corrected chi connectivity index (χ3v) is 3.83. The number of aromatic nitrogens is 2. The molecule has 0 atom stereocenters. The Labute approximate surface area is 114 Å². The number of halogens is 1. The van der Waals surface area contributed by atoms with Crippen molar-refractivity contribution >= 4 is 28.7 Å². The number of carbonyl (C=O) groups is 1. The molecule has 0 radical (unpaired) electrons. The SMILES string of the molecule is COCCCn1nccc1C(=O)c1sccc1Cl. The van der Waals surface area contributed by atoms with Gasteiger partial charge in [-0.05, 0) is 23.9 Å². The second-order valence-corrected chi connectivity index (χ2v) is 5.04. The maximum absolute atomic E-state index is 12.3.